The van der Waals surface area contributed by atoms with Gasteiger partial charge in [-0.3, -0.25) is 0 Å². The van der Waals surface area contributed by atoms with Crippen LogP contribution in [0.1, 0.15) is 38.3 Å². The van der Waals surface area contributed by atoms with Crippen LogP contribution in [0.2, 0.25) is 0 Å². The van der Waals surface area contributed by atoms with Gasteiger partial charge in [-0.25, -0.2) is 4.79 Å². The summed E-state index contributed by atoms with van der Waals surface area (Å²) in [6.07, 6.45) is -2.09. The first-order chi connectivity index (χ1) is 15.0. The third kappa shape index (κ3) is 9.12. The number of benzene rings is 2. The molecule has 0 aromatic heterocycles. The SMILES string of the molecule is CC(C)(C)OC(=O)N1CCC(OCc2ccc(C(F)(F)F)cc2)C1.CSc1ccccc1. The number of ether oxygens (including phenoxy) is 2. The third-order valence-electron chi connectivity index (χ3n) is 4.54. The van der Waals surface area contributed by atoms with Gasteiger partial charge < -0.3 is 14.4 Å². The Morgan fingerprint density at radius 3 is 2.19 bits per heavy atom. The summed E-state index contributed by atoms with van der Waals surface area (Å²) in [6, 6.07) is 15.2. The van der Waals surface area contributed by atoms with Gasteiger partial charge in [0, 0.05) is 11.4 Å². The van der Waals surface area contributed by atoms with Gasteiger partial charge in [0.1, 0.15) is 5.60 Å². The lowest BCUT2D eigenvalue weighted by atomic mass is 10.1. The zero-order chi connectivity index (χ0) is 23.8. The highest BCUT2D eigenvalue weighted by molar-refractivity contribution is 7.98. The van der Waals surface area contributed by atoms with Crippen molar-refractivity contribution < 1.29 is 27.4 Å². The van der Waals surface area contributed by atoms with Crippen LogP contribution in [-0.4, -0.2) is 42.0 Å². The van der Waals surface area contributed by atoms with E-state index in [9.17, 15) is 18.0 Å². The summed E-state index contributed by atoms with van der Waals surface area (Å²) in [4.78, 5) is 14.9. The lowest BCUT2D eigenvalue weighted by Gasteiger charge is -2.24. The maximum atomic E-state index is 12.5. The molecule has 1 amide bonds. The van der Waals surface area contributed by atoms with Gasteiger partial charge in [0.15, 0.2) is 0 Å². The number of rotatable bonds is 4. The van der Waals surface area contributed by atoms with E-state index in [0.29, 0.717) is 25.1 Å². The molecule has 0 spiro atoms. The normalized spacial score (nSPS) is 16.3. The predicted octanol–water partition coefficient (Wildman–Crippen LogP) is 6.64. The molecule has 1 heterocycles. The molecule has 0 saturated carbocycles. The van der Waals surface area contributed by atoms with E-state index in [1.807, 2.05) is 18.2 Å². The average molecular weight is 470 g/mol. The van der Waals surface area contributed by atoms with E-state index in [4.69, 9.17) is 9.47 Å². The van der Waals surface area contributed by atoms with Crippen molar-refractivity contribution >= 4 is 17.9 Å². The quantitative estimate of drug-likeness (QED) is 0.471. The number of thioether (sulfide) groups is 1. The lowest BCUT2D eigenvalue weighted by molar-refractivity contribution is -0.137. The molecule has 32 heavy (non-hydrogen) atoms. The fraction of sp³-hybridized carbons (Fsp3) is 0.458. The van der Waals surface area contributed by atoms with Crippen molar-refractivity contribution in [3.05, 3.63) is 65.7 Å². The number of likely N-dealkylation sites (tertiary alicyclic amines) is 1. The van der Waals surface area contributed by atoms with Gasteiger partial charge in [-0.15, -0.1) is 11.8 Å². The van der Waals surface area contributed by atoms with Crippen LogP contribution in [0.3, 0.4) is 0 Å². The molecule has 1 unspecified atom stereocenters. The first kappa shape index (κ1) is 26.1. The summed E-state index contributed by atoms with van der Waals surface area (Å²) in [5.74, 6) is 0. The van der Waals surface area contributed by atoms with Gasteiger partial charge in [-0.1, -0.05) is 30.3 Å². The molecule has 0 radical (unpaired) electrons. The van der Waals surface area contributed by atoms with Crippen molar-refractivity contribution in [3.63, 3.8) is 0 Å². The van der Waals surface area contributed by atoms with E-state index >= 15 is 0 Å². The van der Waals surface area contributed by atoms with Crippen molar-refractivity contribution in [2.75, 3.05) is 19.3 Å². The zero-order valence-electron chi connectivity index (χ0n) is 18.8. The summed E-state index contributed by atoms with van der Waals surface area (Å²) in [5, 5.41) is 0. The summed E-state index contributed by atoms with van der Waals surface area (Å²) < 4.78 is 48.5. The molecule has 3 rings (SSSR count). The molecule has 0 aliphatic carbocycles. The van der Waals surface area contributed by atoms with Crippen LogP contribution < -0.4 is 0 Å². The van der Waals surface area contributed by atoms with Crippen molar-refractivity contribution in [2.24, 2.45) is 0 Å². The van der Waals surface area contributed by atoms with Gasteiger partial charge in [0.25, 0.3) is 0 Å². The van der Waals surface area contributed by atoms with Crippen LogP contribution in [-0.2, 0) is 22.3 Å². The molecule has 1 aliphatic heterocycles. The number of hydrogen-bond acceptors (Lipinski definition) is 4. The van der Waals surface area contributed by atoms with Crippen molar-refractivity contribution in [2.45, 2.75) is 56.6 Å². The summed E-state index contributed by atoms with van der Waals surface area (Å²) in [5.41, 5.74) is -0.557. The fourth-order valence-corrected chi connectivity index (χ4v) is 3.35. The smallest absolute Gasteiger partial charge is 0.416 e. The monoisotopic (exact) mass is 469 g/mol. The van der Waals surface area contributed by atoms with Gasteiger partial charge in [0.05, 0.1) is 24.8 Å². The summed E-state index contributed by atoms with van der Waals surface area (Å²) in [7, 11) is 0. The minimum Gasteiger partial charge on any atom is -0.444 e. The second kappa shape index (κ2) is 11.6. The number of nitrogens with zero attached hydrogens (tertiary/aromatic N) is 1. The molecule has 1 aliphatic rings. The molecular weight excluding hydrogens is 439 g/mol. The molecule has 1 fully saturated rings. The number of alkyl halides is 3. The number of halogens is 3. The fourth-order valence-electron chi connectivity index (χ4n) is 2.92. The van der Waals surface area contributed by atoms with Crippen LogP contribution in [0, 0.1) is 0 Å². The first-order valence-corrected chi connectivity index (χ1v) is 11.5. The number of hydrogen-bond donors (Lipinski definition) is 0. The Morgan fingerprint density at radius 2 is 1.69 bits per heavy atom. The maximum Gasteiger partial charge on any atom is 0.416 e. The first-order valence-electron chi connectivity index (χ1n) is 10.3. The summed E-state index contributed by atoms with van der Waals surface area (Å²) >= 11 is 1.77. The molecule has 176 valence electrons. The minimum absolute atomic E-state index is 0.139. The van der Waals surface area contributed by atoms with Crippen molar-refractivity contribution in [1.29, 1.82) is 0 Å². The largest absolute Gasteiger partial charge is 0.444 e. The van der Waals surface area contributed by atoms with Crippen LogP contribution in [0.4, 0.5) is 18.0 Å². The topological polar surface area (TPSA) is 38.8 Å². The van der Waals surface area contributed by atoms with E-state index in [0.717, 1.165) is 12.1 Å². The number of carbonyl (C=O) groups excluding carboxylic acids is 1. The maximum absolute atomic E-state index is 12.5. The Hall–Kier alpha value is -2.19. The minimum atomic E-state index is -4.33. The molecule has 0 bridgehead atoms. The number of carbonyl (C=O) groups is 1. The van der Waals surface area contributed by atoms with Gasteiger partial charge in [-0.05, 0) is 63.3 Å². The molecule has 2 aromatic rings. The van der Waals surface area contributed by atoms with Gasteiger partial charge in [-0.2, -0.15) is 13.2 Å². The van der Waals surface area contributed by atoms with Gasteiger partial charge in [0.2, 0.25) is 0 Å². The Morgan fingerprint density at radius 1 is 1.06 bits per heavy atom. The second-order valence-corrected chi connectivity index (χ2v) is 9.24. The molecule has 2 aromatic carbocycles. The molecule has 4 nitrogen and oxygen atoms in total. The van der Waals surface area contributed by atoms with E-state index in [2.05, 4.69) is 18.4 Å². The van der Waals surface area contributed by atoms with Crippen LogP contribution in [0.5, 0.6) is 0 Å². The van der Waals surface area contributed by atoms with E-state index in [1.165, 1.54) is 17.0 Å². The Kier molecular flexibility index (Phi) is 9.46. The number of amides is 1. The van der Waals surface area contributed by atoms with Crippen molar-refractivity contribution in [1.82, 2.24) is 4.90 Å². The van der Waals surface area contributed by atoms with Gasteiger partial charge >= 0.3 is 12.3 Å². The van der Waals surface area contributed by atoms with E-state index in [1.54, 1.807) is 37.4 Å². The van der Waals surface area contributed by atoms with Crippen LogP contribution in [0.15, 0.2) is 59.5 Å². The molecule has 1 saturated heterocycles. The third-order valence-corrected chi connectivity index (χ3v) is 5.29. The van der Waals surface area contributed by atoms with E-state index < -0.39 is 17.3 Å². The van der Waals surface area contributed by atoms with Crippen LogP contribution in [0.25, 0.3) is 0 Å². The zero-order valence-corrected chi connectivity index (χ0v) is 19.6. The Labute approximate surface area is 192 Å². The molecule has 0 N–H and O–H groups in total. The predicted molar refractivity (Wildman–Crippen MR) is 121 cm³/mol. The van der Waals surface area contributed by atoms with E-state index in [-0.39, 0.29) is 18.8 Å². The lowest BCUT2D eigenvalue weighted by Crippen LogP contribution is -2.36. The Balaban J connectivity index is 0.000000380. The Bertz CT molecular complexity index is 836. The summed E-state index contributed by atoms with van der Waals surface area (Å²) in [6.45, 7) is 6.60. The highest BCUT2D eigenvalue weighted by Crippen LogP contribution is 2.29. The van der Waals surface area contributed by atoms with Crippen molar-refractivity contribution in [3.8, 4) is 0 Å². The highest BCUT2D eigenvalue weighted by Gasteiger charge is 2.31. The van der Waals surface area contributed by atoms with Crippen LogP contribution >= 0.6 is 11.8 Å². The highest BCUT2D eigenvalue weighted by atomic mass is 32.2. The molecule has 1 atom stereocenters. The molecular formula is C24H30F3NO3S. The molecule has 8 heteroatoms. The standard InChI is InChI=1S/C17H22F3NO3.C7H8S/c1-16(2,3)24-15(22)21-9-8-14(10-21)23-11-12-4-6-13(7-5-12)17(18,19)20;1-8-7-5-3-2-4-6-7/h4-7,14H,8-11H2,1-3H3;2-6H,1H3. The average Bonchev–Trinajstić information content (AvgIpc) is 3.21. The second-order valence-electron chi connectivity index (χ2n) is 8.36.